The minimum absolute atomic E-state index is 0.0613. The number of nitrogens with one attached hydrogen (secondary N) is 2. The Kier molecular flexibility index (Phi) is 4.62. The molecule has 2 rings (SSSR count). The monoisotopic (exact) mass is 305 g/mol. The first-order valence-electron chi connectivity index (χ1n) is 6.25. The van der Waals surface area contributed by atoms with Gasteiger partial charge in [-0.3, -0.25) is 9.82 Å². The second kappa shape index (κ2) is 6.43. The average molecular weight is 305 g/mol. The summed E-state index contributed by atoms with van der Waals surface area (Å²) < 4.78 is 27.2. The number of rotatable bonds is 4. The molecule has 1 aromatic carbocycles. The van der Waals surface area contributed by atoms with Crippen LogP contribution < -0.4 is 4.72 Å². The van der Waals surface area contributed by atoms with Gasteiger partial charge in [-0.1, -0.05) is 17.9 Å². The molecule has 0 unspecified atom stereocenters. The molecule has 0 bridgehead atoms. The molecule has 0 saturated heterocycles. The highest BCUT2D eigenvalue weighted by Gasteiger charge is 2.18. The SMILES string of the molecule is Cc1ccc(S(=O)(=O)Nc2cn[nH]c2)c(C#CCCO)c1. The quantitative estimate of drug-likeness (QED) is 0.741. The fourth-order valence-electron chi connectivity index (χ4n) is 1.71. The third-order valence-corrected chi connectivity index (χ3v) is 4.07. The average Bonchev–Trinajstić information content (AvgIpc) is 2.91. The Morgan fingerprint density at radius 3 is 2.90 bits per heavy atom. The van der Waals surface area contributed by atoms with Gasteiger partial charge in [-0.15, -0.1) is 0 Å². The number of nitrogens with zero attached hydrogens (tertiary/aromatic N) is 1. The van der Waals surface area contributed by atoms with Gasteiger partial charge < -0.3 is 5.11 Å². The number of aliphatic hydroxyl groups excluding tert-OH is 1. The highest BCUT2D eigenvalue weighted by atomic mass is 32.2. The van der Waals surface area contributed by atoms with E-state index in [4.69, 9.17) is 5.11 Å². The van der Waals surface area contributed by atoms with Crippen LogP contribution >= 0.6 is 0 Å². The van der Waals surface area contributed by atoms with Crippen molar-refractivity contribution in [1.29, 1.82) is 0 Å². The van der Waals surface area contributed by atoms with Gasteiger partial charge in [0, 0.05) is 18.2 Å². The second-order valence-corrected chi connectivity index (χ2v) is 6.02. The fourth-order valence-corrected chi connectivity index (χ4v) is 2.88. The van der Waals surface area contributed by atoms with Gasteiger partial charge in [0.25, 0.3) is 10.0 Å². The lowest BCUT2D eigenvalue weighted by molar-refractivity contribution is 0.305. The Labute approximate surface area is 123 Å². The molecular weight excluding hydrogens is 290 g/mol. The van der Waals surface area contributed by atoms with Gasteiger partial charge in [0.2, 0.25) is 0 Å². The topological polar surface area (TPSA) is 95.1 Å². The largest absolute Gasteiger partial charge is 0.395 e. The molecule has 1 heterocycles. The number of anilines is 1. The van der Waals surface area contributed by atoms with Gasteiger partial charge >= 0.3 is 0 Å². The lowest BCUT2D eigenvalue weighted by Gasteiger charge is -2.08. The number of aryl methyl sites for hydroxylation is 1. The van der Waals surface area contributed by atoms with Crippen molar-refractivity contribution < 1.29 is 13.5 Å². The van der Waals surface area contributed by atoms with Crippen molar-refractivity contribution in [2.24, 2.45) is 0 Å². The second-order valence-electron chi connectivity index (χ2n) is 4.37. The normalized spacial score (nSPS) is 10.8. The summed E-state index contributed by atoms with van der Waals surface area (Å²) in [7, 11) is -3.74. The predicted molar refractivity (Wildman–Crippen MR) is 79.2 cm³/mol. The molecule has 0 aliphatic rings. The zero-order valence-corrected chi connectivity index (χ0v) is 12.2. The van der Waals surface area contributed by atoms with E-state index in [1.54, 1.807) is 12.1 Å². The maximum atomic E-state index is 12.4. The zero-order valence-electron chi connectivity index (χ0n) is 11.4. The Hall–Kier alpha value is -2.30. The number of aliphatic hydroxyl groups is 1. The van der Waals surface area contributed by atoms with Crippen molar-refractivity contribution in [1.82, 2.24) is 10.2 Å². The van der Waals surface area contributed by atoms with E-state index in [1.165, 1.54) is 18.5 Å². The minimum Gasteiger partial charge on any atom is -0.395 e. The molecule has 0 atom stereocenters. The number of hydrogen-bond acceptors (Lipinski definition) is 4. The van der Waals surface area contributed by atoms with Crippen LogP contribution in [0.15, 0.2) is 35.5 Å². The molecule has 21 heavy (non-hydrogen) atoms. The van der Waals surface area contributed by atoms with Gasteiger partial charge in [-0.2, -0.15) is 5.10 Å². The Balaban J connectivity index is 2.41. The van der Waals surface area contributed by atoms with E-state index in [0.717, 1.165) is 5.56 Å². The number of aromatic amines is 1. The first-order valence-corrected chi connectivity index (χ1v) is 7.73. The van der Waals surface area contributed by atoms with Crippen molar-refractivity contribution in [3.05, 3.63) is 41.7 Å². The van der Waals surface area contributed by atoms with Crippen molar-refractivity contribution in [3.63, 3.8) is 0 Å². The standard InChI is InChI=1S/C14H15N3O3S/c1-11-5-6-14(12(8-11)4-2-3-7-18)21(19,20)17-13-9-15-16-10-13/h5-6,8-10,17-18H,3,7H2,1H3,(H,15,16). The summed E-state index contributed by atoms with van der Waals surface area (Å²) >= 11 is 0. The van der Waals surface area contributed by atoms with E-state index in [0.29, 0.717) is 17.7 Å². The number of H-pyrrole nitrogens is 1. The van der Waals surface area contributed by atoms with Crippen LogP contribution in [0, 0.1) is 18.8 Å². The molecule has 2 aromatic rings. The van der Waals surface area contributed by atoms with Gasteiger partial charge in [-0.05, 0) is 24.6 Å². The molecule has 0 fully saturated rings. The molecule has 0 aliphatic carbocycles. The van der Waals surface area contributed by atoms with Crippen LogP contribution in [0.5, 0.6) is 0 Å². The van der Waals surface area contributed by atoms with E-state index < -0.39 is 10.0 Å². The minimum atomic E-state index is -3.74. The summed E-state index contributed by atoms with van der Waals surface area (Å²) in [6.07, 6.45) is 3.12. The maximum absolute atomic E-state index is 12.4. The molecule has 0 saturated carbocycles. The van der Waals surface area contributed by atoms with Crippen LogP contribution in [-0.4, -0.2) is 30.3 Å². The lowest BCUT2D eigenvalue weighted by Crippen LogP contribution is -2.14. The summed E-state index contributed by atoms with van der Waals surface area (Å²) in [5.41, 5.74) is 1.66. The molecule has 7 heteroatoms. The van der Waals surface area contributed by atoms with Gasteiger partial charge in [-0.25, -0.2) is 8.42 Å². The number of sulfonamides is 1. The van der Waals surface area contributed by atoms with Crippen molar-refractivity contribution >= 4 is 15.7 Å². The smallest absolute Gasteiger partial charge is 0.263 e. The van der Waals surface area contributed by atoms with Crippen LogP contribution in [0.25, 0.3) is 0 Å². The Bertz CT molecular complexity index is 772. The molecule has 0 spiro atoms. The van der Waals surface area contributed by atoms with Crippen LogP contribution in [0.3, 0.4) is 0 Å². The Morgan fingerprint density at radius 1 is 1.43 bits per heavy atom. The summed E-state index contributed by atoms with van der Waals surface area (Å²) in [6, 6.07) is 4.93. The predicted octanol–water partition coefficient (Wildman–Crippen LogP) is 1.25. The van der Waals surface area contributed by atoms with Gasteiger partial charge in [0.1, 0.15) is 4.90 Å². The zero-order chi connectivity index (χ0) is 15.3. The summed E-state index contributed by atoms with van der Waals surface area (Å²) in [5.74, 6) is 5.53. The highest BCUT2D eigenvalue weighted by molar-refractivity contribution is 7.92. The molecule has 0 amide bonds. The summed E-state index contributed by atoms with van der Waals surface area (Å²) in [5, 5.41) is 15.0. The van der Waals surface area contributed by atoms with Crippen LogP contribution in [0.1, 0.15) is 17.5 Å². The van der Waals surface area contributed by atoms with Gasteiger partial charge in [0.15, 0.2) is 0 Å². The highest BCUT2D eigenvalue weighted by Crippen LogP contribution is 2.19. The number of aromatic nitrogens is 2. The molecule has 3 N–H and O–H groups in total. The summed E-state index contributed by atoms with van der Waals surface area (Å²) in [6.45, 7) is 1.80. The lowest BCUT2D eigenvalue weighted by atomic mass is 10.1. The molecular formula is C14H15N3O3S. The molecule has 6 nitrogen and oxygen atoms in total. The van der Waals surface area contributed by atoms with Crippen LogP contribution in [-0.2, 0) is 10.0 Å². The summed E-state index contributed by atoms with van der Waals surface area (Å²) in [4.78, 5) is 0.0970. The van der Waals surface area contributed by atoms with Crippen molar-refractivity contribution in [3.8, 4) is 11.8 Å². The Morgan fingerprint density at radius 2 is 2.24 bits per heavy atom. The molecule has 0 aliphatic heterocycles. The van der Waals surface area contributed by atoms with E-state index in [-0.39, 0.29) is 11.5 Å². The molecule has 0 radical (unpaired) electrons. The fraction of sp³-hybridized carbons (Fsp3) is 0.214. The molecule has 110 valence electrons. The first kappa shape index (κ1) is 15.1. The number of benzene rings is 1. The van der Waals surface area contributed by atoms with E-state index >= 15 is 0 Å². The van der Waals surface area contributed by atoms with Crippen molar-refractivity contribution in [2.75, 3.05) is 11.3 Å². The van der Waals surface area contributed by atoms with Crippen LogP contribution in [0.4, 0.5) is 5.69 Å². The molecule has 1 aromatic heterocycles. The maximum Gasteiger partial charge on any atom is 0.263 e. The van der Waals surface area contributed by atoms with Gasteiger partial charge in [0.05, 0.1) is 18.5 Å². The number of hydrogen-bond donors (Lipinski definition) is 3. The first-order chi connectivity index (χ1) is 10.0. The third kappa shape index (κ3) is 3.84. The van der Waals surface area contributed by atoms with E-state index in [2.05, 4.69) is 26.8 Å². The van der Waals surface area contributed by atoms with E-state index in [1.807, 2.05) is 6.92 Å². The van der Waals surface area contributed by atoms with E-state index in [9.17, 15) is 8.42 Å². The van der Waals surface area contributed by atoms with Crippen LogP contribution in [0.2, 0.25) is 0 Å². The third-order valence-electron chi connectivity index (χ3n) is 2.63. The van der Waals surface area contributed by atoms with Crippen molar-refractivity contribution in [2.45, 2.75) is 18.2 Å².